The molecule has 4 rings (SSSR count). The number of hydrogen-bond acceptors (Lipinski definition) is 6. The Labute approximate surface area is 215 Å². The molecule has 1 aliphatic heterocycles. The summed E-state index contributed by atoms with van der Waals surface area (Å²) in [5, 5.41) is 0.680. The van der Waals surface area contributed by atoms with Crippen molar-refractivity contribution in [1.29, 1.82) is 0 Å². The van der Waals surface area contributed by atoms with Crippen molar-refractivity contribution in [3.63, 3.8) is 0 Å². The molecule has 3 aromatic carbocycles. The molecule has 0 aliphatic carbocycles. The maximum absolute atomic E-state index is 12.9. The van der Waals surface area contributed by atoms with E-state index >= 15 is 0 Å². The smallest absolute Gasteiger partial charge is 0.339 e. The Balaban J connectivity index is 1.59. The summed E-state index contributed by atoms with van der Waals surface area (Å²) in [6, 6.07) is 16.6. The van der Waals surface area contributed by atoms with Crippen LogP contribution in [-0.4, -0.2) is 24.5 Å². The molecule has 0 N–H and O–H groups in total. The van der Waals surface area contributed by atoms with Gasteiger partial charge in [-0.1, -0.05) is 59.1 Å². The monoisotopic (exact) mass is 553 g/mol. The van der Waals surface area contributed by atoms with Gasteiger partial charge in [0.15, 0.2) is 0 Å². The Morgan fingerprint density at radius 3 is 2.29 bits per heavy atom. The molecule has 2 amide bonds. The lowest BCUT2D eigenvalue weighted by atomic mass is 10.2. The Bertz CT molecular complexity index is 1420. The van der Waals surface area contributed by atoms with Crippen molar-refractivity contribution in [2.45, 2.75) is 11.4 Å². The van der Waals surface area contributed by atoms with Crippen LogP contribution in [0.15, 0.2) is 76.5 Å². The molecular weight excluding hydrogens is 541 g/mol. The van der Waals surface area contributed by atoms with Crippen molar-refractivity contribution < 1.29 is 22.2 Å². The van der Waals surface area contributed by atoms with Gasteiger partial charge in [0.25, 0.3) is 11.1 Å². The fraction of sp³-hybridized carbons (Fsp3) is 0.0435. The van der Waals surface area contributed by atoms with Gasteiger partial charge < -0.3 is 4.18 Å². The zero-order chi connectivity index (χ0) is 24.5. The van der Waals surface area contributed by atoms with Crippen molar-refractivity contribution in [3.8, 4) is 5.75 Å². The van der Waals surface area contributed by atoms with Crippen LogP contribution in [0.25, 0.3) is 6.08 Å². The Morgan fingerprint density at radius 1 is 0.912 bits per heavy atom. The molecule has 174 valence electrons. The molecule has 1 heterocycles. The molecule has 34 heavy (non-hydrogen) atoms. The summed E-state index contributed by atoms with van der Waals surface area (Å²) in [4.78, 5) is 26.5. The number of thioether (sulfide) groups is 1. The van der Waals surface area contributed by atoms with Crippen LogP contribution >= 0.6 is 46.6 Å². The fourth-order valence-corrected chi connectivity index (χ4v) is 5.42. The number of carbonyl (C=O) groups is 2. The summed E-state index contributed by atoms with van der Waals surface area (Å²) in [6.45, 7) is -0.0267. The summed E-state index contributed by atoms with van der Waals surface area (Å²) in [5.74, 6) is -0.527. The largest absolute Gasteiger partial charge is 0.378 e. The highest BCUT2D eigenvalue weighted by atomic mass is 35.5. The van der Waals surface area contributed by atoms with E-state index in [0.29, 0.717) is 26.2 Å². The predicted molar refractivity (Wildman–Crippen MR) is 134 cm³/mol. The second-order valence-corrected chi connectivity index (χ2v) is 10.9. The van der Waals surface area contributed by atoms with Crippen LogP contribution < -0.4 is 4.18 Å². The van der Waals surface area contributed by atoms with Gasteiger partial charge in [-0.05, 0) is 65.9 Å². The standard InChI is InChI=1S/C23H14Cl3NO5S2/c24-16-7-9-18(10-8-16)34(30,31)32-20-4-2-1-3-14(20)11-21-22(28)27(23(29)33-21)13-15-5-6-17(25)12-19(15)26/h1-12H,13H2/b21-11-. The Morgan fingerprint density at radius 2 is 1.59 bits per heavy atom. The van der Waals surface area contributed by atoms with E-state index in [4.69, 9.17) is 39.0 Å². The molecule has 11 heteroatoms. The lowest BCUT2D eigenvalue weighted by molar-refractivity contribution is -0.123. The predicted octanol–water partition coefficient (Wildman–Crippen LogP) is 6.65. The highest BCUT2D eigenvalue weighted by Crippen LogP contribution is 2.36. The molecule has 0 atom stereocenters. The average molecular weight is 555 g/mol. The number of imide groups is 1. The van der Waals surface area contributed by atoms with Crippen LogP contribution in [0.5, 0.6) is 5.75 Å². The minimum absolute atomic E-state index is 0.00462. The quantitative estimate of drug-likeness (QED) is 0.251. The fourth-order valence-electron chi connectivity index (χ4n) is 3.04. The zero-order valence-electron chi connectivity index (χ0n) is 17.1. The van der Waals surface area contributed by atoms with E-state index in [0.717, 1.165) is 16.7 Å². The number of nitrogens with zero attached hydrogens (tertiary/aromatic N) is 1. The van der Waals surface area contributed by atoms with Gasteiger partial charge in [0.1, 0.15) is 10.6 Å². The molecule has 0 bridgehead atoms. The normalized spacial score (nSPS) is 15.3. The SMILES string of the molecule is O=C1S/C(=C\c2ccccc2OS(=O)(=O)c2ccc(Cl)cc2)C(=O)N1Cc1ccc(Cl)cc1Cl. The molecule has 0 spiro atoms. The third-order valence-corrected chi connectivity index (χ3v) is 7.72. The first-order chi connectivity index (χ1) is 16.1. The van der Waals surface area contributed by atoms with Crippen LogP contribution in [0.1, 0.15) is 11.1 Å². The van der Waals surface area contributed by atoms with Crippen LogP contribution in [0.3, 0.4) is 0 Å². The topological polar surface area (TPSA) is 80.8 Å². The molecule has 1 saturated heterocycles. The lowest BCUT2D eigenvalue weighted by Gasteiger charge is -2.13. The number of carbonyl (C=O) groups excluding carboxylic acids is 2. The molecule has 0 saturated carbocycles. The summed E-state index contributed by atoms with van der Waals surface area (Å²) in [5.41, 5.74) is 0.877. The molecule has 0 aromatic heterocycles. The van der Waals surface area contributed by atoms with Crippen LogP contribution in [0.2, 0.25) is 15.1 Å². The molecule has 6 nitrogen and oxygen atoms in total. The summed E-state index contributed by atoms with van der Waals surface area (Å²) >= 11 is 18.6. The highest BCUT2D eigenvalue weighted by molar-refractivity contribution is 8.18. The Kier molecular flexibility index (Phi) is 7.25. The van der Waals surface area contributed by atoms with E-state index in [-0.39, 0.29) is 22.1 Å². The van der Waals surface area contributed by atoms with Gasteiger partial charge in [-0.15, -0.1) is 0 Å². The van der Waals surface area contributed by atoms with Crippen LogP contribution in [0.4, 0.5) is 4.79 Å². The van der Waals surface area contributed by atoms with Gasteiger partial charge >= 0.3 is 10.1 Å². The number of halogens is 3. The molecule has 0 radical (unpaired) electrons. The first-order valence-corrected chi connectivity index (χ1v) is 13.0. The first-order valence-electron chi connectivity index (χ1n) is 9.62. The zero-order valence-corrected chi connectivity index (χ0v) is 21.0. The van der Waals surface area contributed by atoms with E-state index in [9.17, 15) is 18.0 Å². The van der Waals surface area contributed by atoms with Gasteiger partial charge in [0, 0.05) is 20.6 Å². The first kappa shape index (κ1) is 24.6. The van der Waals surface area contributed by atoms with Crippen LogP contribution in [0, 0.1) is 0 Å². The summed E-state index contributed by atoms with van der Waals surface area (Å²) in [7, 11) is -4.15. The maximum atomic E-state index is 12.9. The van der Waals surface area contributed by atoms with Gasteiger partial charge in [0.05, 0.1) is 11.4 Å². The third kappa shape index (κ3) is 5.42. The van der Waals surface area contributed by atoms with Crippen LogP contribution in [-0.2, 0) is 21.5 Å². The van der Waals surface area contributed by atoms with Crippen molar-refractivity contribution in [1.82, 2.24) is 4.90 Å². The molecule has 3 aromatic rings. The van der Waals surface area contributed by atoms with Gasteiger partial charge in [0.2, 0.25) is 0 Å². The van der Waals surface area contributed by atoms with Crippen molar-refractivity contribution in [2.75, 3.05) is 0 Å². The second-order valence-electron chi connectivity index (χ2n) is 7.03. The van der Waals surface area contributed by atoms with E-state index in [1.54, 1.807) is 30.3 Å². The van der Waals surface area contributed by atoms with E-state index in [2.05, 4.69) is 0 Å². The van der Waals surface area contributed by atoms with Crippen molar-refractivity contribution in [3.05, 3.63) is 97.8 Å². The maximum Gasteiger partial charge on any atom is 0.339 e. The number of rotatable bonds is 6. The average Bonchev–Trinajstić information content (AvgIpc) is 3.04. The van der Waals surface area contributed by atoms with Gasteiger partial charge in [-0.25, -0.2) is 0 Å². The summed E-state index contributed by atoms with van der Waals surface area (Å²) in [6.07, 6.45) is 1.42. The minimum atomic E-state index is -4.15. The van der Waals surface area contributed by atoms with Crippen molar-refractivity contribution >= 4 is 73.9 Å². The van der Waals surface area contributed by atoms with Gasteiger partial charge in [-0.3, -0.25) is 14.5 Å². The molecular formula is C23H14Cl3NO5S2. The Hall–Kier alpha value is -2.49. The number of para-hydroxylation sites is 1. The third-order valence-electron chi connectivity index (χ3n) is 4.72. The van der Waals surface area contributed by atoms with E-state index < -0.39 is 21.3 Å². The number of hydrogen-bond donors (Lipinski definition) is 0. The molecule has 1 aliphatic rings. The summed E-state index contributed by atoms with van der Waals surface area (Å²) < 4.78 is 30.7. The van der Waals surface area contributed by atoms with E-state index in [1.165, 1.54) is 42.5 Å². The molecule has 0 unspecified atom stereocenters. The molecule has 1 fully saturated rings. The number of benzene rings is 3. The highest BCUT2D eigenvalue weighted by Gasteiger charge is 2.35. The van der Waals surface area contributed by atoms with Crippen molar-refractivity contribution in [2.24, 2.45) is 0 Å². The second kappa shape index (κ2) is 10.0. The van der Waals surface area contributed by atoms with E-state index in [1.807, 2.05) is 0 Å². The van der Waals surface area contributed by atoms with Gasteiger partial charge in [-0.2, -0.15) is 8.42 Å². The minimum Gasteiger partial charge on any atom is -0.378 e. The lowest BCUT2D eigenvalue weighted by Crippen LogP contribution is -2.27. The number of amides is 2.